The monoisotopic (exact) mass is 257 g/mol. The van der Waals surface area contributed by atoms with Crippen LogP contribution in [-0.2, 0) is 11.4 Å². The molecule has 4 heteroatoms. The molecule has 0 aliphatic carbocycles. The van der Waals surface area contributed by atoms with Crippen LogP contribution in [0.4, 0.5) is 0 Å². The van der Waals surface area contributed by atoms with Gasteiger partial charge in [0.1, 0.15) is 5.82 Å². The Morgan fingerprint density at radius 2 is 2.05 bits per heavy atom. The zero-order valence-electron chi connectivity index (χ0n) is 11.6. The van der Waals surface area contributed by atoms with Crippen molar-refractivity contribution in [1.29, 1.82) is 0 Å². The molecule has 2 bridgehead atoms. The van der Waals surface area contributed by atoms with Crippen LogP contribution in [0, 0.1) is 0 Å². The Balaban J connectivity index is 1.88. The molecule has 100 valence electrons. The minimum Gasteiger partial charge on any atom is -0.324 e. The van der Waals surface area contributed by atoms with E-state index in [0.29, 0.717) is 0 Å². The molecule has 2 atom stereocenters. The summed E-state index contributed by atoms with van der Waals surface area (Å²) in [6.45, 7) is 7.50. The van der Waals surface area contributed by atoms with Crippen molar-refractivity contribution in [2.24, 2.45) is 0 Å². The lowest BCUT2D eigenvalue weighted by molar-refractivity contribution is -0.210. The van der Waals surface area contributed by atoms with E-state index in [1.165, 1.54) is 5.52 Å². The number of nitrogens with zero attached hydrogens (tertiary/aromatic N) is 3. The molecule has 0 radical (unpaired) electrons. The van der Waals surface area contributed by atoms with Gasteiger partial charge in [0.2, 0.25) is 0 Å². The number of fused-ring (bicyclic) bond motifs is 6. The number of benzene rings is 1. The number of hydrogen-bond donors (Lipinski definition) is 0. The number of hydroxylamine groups is 2. The lowest BCUT2D eigenvalue weighted by Crippen LogP contribution is -2.40. The molecular weight excluding hydrogens is 238 g/mol. The van der Waals surface area contributed by atoms with E-state index in [1.807, 2.05) is 0 Å². The molecule has 1 saturated heterocycles. The summed E-state index contributed by atoms with van der Waals surface area (Å²) in [4.78, 5) is 10.9. The maximum absolute atomic E-state index is 6.11. The second kappa shape index (κ2) is 3.58. The fourth-order valence-corrected chi connectivity index (χ4v) is 3.31. The zero-order valence-corrected chi connectivity index (χ0v) is 11.6. The van der Waals surface area contributed by atoms with E-state index in [-0.39, 0.29) is 17.7 Å². The maximum atomic E-state index is 6.11. The first kappa shape index (κ1) is 11.4. The summed E-state index contributed by atoms with van der Waals surface area (Å²) in [6.07, 6.45) is 1.34. The van der Waals surface area contributed by atoms with E-state index < -0.39 is 0 Å². The molecule has 0 unspecified atom stereocenters. The minimum absolute atomic E-state index is 0.00667. The molecule has 0 N–H and O–H groups in total. The molecule has 1 fully saturated rings. The molecular formula is C15H19N3O. The highest BCUT2D eigenvalue weighted by Crippen LogP contribution is 2.43. The highest BCUT2D eigenvalue weighted by molar-refractivity contribution is 5.76. The Bertz CT molecular complexity index is 640. The number of rotatable bonds is 0. The van der Waals surface area contributed by atoms with Crippen molar-refractivity contribution in [2.45, 2.75) is 51.4 Å². The summed E-state index contributed by atoms with van der Waals surface area (Å²) >= 11 is 0. The van der Waals surface area contributed by atoms with Gasteiger partial charge in [0.25, 0.3) is 0 Å². The van der Waals surface area contributed by atoms with Gasteiger partial charge in [0, 0.05) is 12.0 Å². The second-order valence-electron chi connectivity index (χ2n) is 6.54. The zero-order chi connectivity index (χ0) is 13.2. The number of para-hydroxylation sites is 2. The maximum Gasteiger partial charge on any atom is 0.129 e. The first-order chi connectivity index (χ1) is 9.04. The first-order valence-corrected chi connectivity index (χ1v) is 6.95. The highest BCUT2D eigenvalue weighted by atomic mass is 16.7. The highest BCUT2D eigenvalue weighted by Gasteiger charge is 2.46. The molecule has 4 nitrogen and oxygen atoms in total. The topological polar surface area (TPSA) is 30.3 Å². The third kappa shape index (κ3) is 1.56. The standard InChI is InChI=1S/C15H19N3O/c1-15(2,3)18-13-8-10(19-18)9-17-12-7-5-4-6-11(12)16-14(13)17/h4-7,10,13H,8-9H2,1-3H3/t10-,13+/m0/s1. The third-order valence-electron chi connectivity index (χ3n) is 4.06. The predicted molar refractivity (Wildman–Crippen MR) is 73.6 cm³/mol. The van der Waals surface area contributed by atoms with Crippen LogP contribution in [-0.4, -0.2) is 26.3 Å². The summed E-state index contributed by atoms with van der Waals surface area (Å²) in [6, 6.07) is 8.66. The number of imidazole rings is 1. The molecule has 0 saturated carbocycles. The summed E-state index contributed by atoms with van der Waals surface area (Å²) in [7, 11) is 0. The SMILES string of the molecule is CC(C)(C)N1O[C@H]2C[C@@H]1c1nc3ccccc3n1C2. The van der Waals surface area contributed by atoms with Crippen LogP contribution >= 0.6 is 0 Å². The van der Waals surface area contributed by atoms with Crippen LogP contribution in [0.1, 0.15) is 39.1 Å². The quantitative estimate of drug-likeness (QED) is 0.727. The van der Waals surface area contributed by atoms with Gasteiger partial charge in [0.15, 0.2) is 0 Å². The molecule has 1 aromatic heterocycles. The van der Waals surface area contributed by atoms with Crippen molar-refractivity contribution in [3.05, 3.63) is 30.1 Å². The van der Waals surface area contributed by atoms with Crippen LogP contribution in [0.15, 0.2) is 24.3 Å². The smallest absolute Gasteiger partial charge is 0.129 e. The minimum atomic E-state index is 0.00667. The van der Waals surface area contributed by atoms with Crippen LogP contribution in [0.2, 0.25) is 0 Å². The van der Waals surface area contributed by atoms with Crippen molar-refractivity contribution in [3.63, 3.8) is 0 Å². The Morgan fingerprint density at radius 3 is 2.84 bits per heavy atom. The van der Waals surface area contributed by atoms with Crippen molar-refractivity contribution in [2.75, 3.05) is 0 Å². The van der Waals surface area contributed by atoms with Crippen molar-refractivity contribution in [3.8, 4) is 0 Å². The fraction of sp³-hybridized carbons (Fsp3) is 0.533. The van der Waals surface area contributed by atoms with E-state index >= 15 is 0 Å². The summed E-state index contributed by atoms with van der Waals surface area (Å²) in [5, 5.41) is 2.14. The molecule has 2 aliphatic heterocycles. The van der Waals surface area contributed by atoms with E-state index in [2.05, 4.69) is 54.7 Å². The molecule has 2 aliphatic rings. The van der Waals surface area contributed by atoms with Gasteiger partial charge in [-0.25, -0.2) is 4.98 Å². The Hall–Kier alpha value is -1.39. The van der Waals surface area contributed by atoms with Gasteiger partial charge in [-0.2, -0.15) is 5.06 Å². The average molecular weight is 257 g/mol. The molecule has 3 heterocycles. The lowest BCUT2D eigenvalue weighted by Gasteiger charge is -2.33. The lowest BCUT2D eigenvalue weighted by atomic mass is 10.0. The molecule has 0 spiro atoms. The average Bonchev–Trinajstić information content (AvgIpc) is 2.90. The van der Waals surface area contributed by atoms with Gasteiger partial charge in [0.05, 0.1) is 29.7 Å². The van der Waals surface area contributed by atoms with E-state index in [9.17, 15) is 0 Å². The third-order valence-corrected chi connectivity index (χ3v) is 4.06. The second-order valence-corrected chi connectivity index (χ2v) is 6.54. The Kier molecular flexibility index (Phi) is 2.16. The summed E-state index contributed by atoms with van der Waals surface area (Å²) in [5.74, 6) is 1.16. The van der Waals surface area contributed by atoms with Crippen molar-refractivity contribution >= 4 is 11.0 Å². The molecule has 0 amide bonds. The van der Waals surface area contributed by atoms with Gasteiger partial charge in [-0.1, -0.05) is 12.1 Å². The van der Waals surface area contributed by atoms with E-state index in [1.54, 1.807) is 0 Å². The van der Waals surface area contributed by atoms with E-state index in [4.69, 9.17) is 9.82 Å². The normalized spacial score (nSPS) is 26.9. The van der Waals surface area contributed by atoms with Gasteiger partial charge >= 0.3 is 0 Å². The van der Waals surface area contributed by atoms with Crippen LogP contribution < -0.4 is 0 Å². The van der Waals surface area contributed by atoms with Crippen LogP contribution in [0.5, 0.6) is 0 Å². The predicted octanol–water partition coefficient (Wildman–Crippen LogP) is 2.90. The molecule has 19 heavy (non-hydrogen) atoms. The van der Waals surface area contributed by atoms with Crippen LogP contribution in [0.3, 0.4) is 0 Å². The Morgan fingerprint density at radius 1 is 1.26 bits per heavy atom. The van der Waals surface area contributed by atoms with Crippen molar-refractivity contribution in [1.82, 2.24) is 14.6 Å². The Labute approximate surface area is 112 Å². The van der Waals surface area contributed by atoms with Crippen molar-refractivity contribution < 1.29 is 4.84 Å². The summed E-state index contributed by atoms with van der Waals surface area (Å²) in [5.41, 5.74) is 2.33. The van der Waals surface area contributed by atoms with Gasteiger partial charge in [-0.05, 0) is 32.9 Å². The fourth-order valence-electron chi connectivity index (χ4n) is 3.31. The van der Waals surface area contributed by atoms with Gasteiger partial charge in [-0.3, -0.25) is 4.84 Å². The number of hydrogen-bond acceptors (Lipinski definition) is 3. The molecule has 1 aromatic carbocycles. The van der Waals surface area contributed by atoms with E-state index in [0.717, 1.165) is 24.3 Å². The molecule has 4 rings (SSSR count). The van der Waals surface area contributed by atoms with Crippen LogP contribution in [0.25, 0.3) is 11.0 Å². The van der Waals surface area contributed by atoms with Gasteiger partial charge < -0.3 is 4.57 Å². The first-order valence-electron chi connectivity index (χ1n) is 6.95. The largest absolute Gasteiger partial charge is 0.324 e. The summed E-state index contributed by atoms with van der Waals surface area (Å²) < 4.78 is 2.33. The van der Waals surface area contributed by atoms with Gasteiger partial charge in [-0.15, -0.1) is 0 Å². The molecule has 2 aromatic rings. The number of aromatic nitrogens is 2.